The lowest BCUT2D eigenvalue weighted by molar-refractivity contribution is -0.274. The minimum Gasteiger partial charge on any atom is -0.493 e. The third kappa shape index (κ3) is 8.02. The highest BCUT2D eigenvalue weighted by Gasteiger charge is 2.45. The van der Waals surface area contributed by atoms with Crippen LogP contribution in [0.25, 0.3) is 11.1 Å². The van der Waals surface area contributed by atoms with Crippen LogP contribution in [0.4, 0.5) is 22.0 Å². The minimum absolute atomic E-state index is 0.262. The lowest BCUT2D eigenvalue weighted by Gasteiger charge is -2.28. The third-order valence-corrected chi connectivity index (χ3v) is 11.8. The van der Waals surface area contributed by atoms with Crippen molar-refractivity contribution in [3.8, 4) is 23.0 Å². The van der Waals surface area contributed by atoms with E-state index in [1.165, 1.54) is 60.9 Å². The van der Waals surface area contributed by atoms with Gasteiger partial charge in [-0.3, -0.25) is 9.80 Å². The lowest BCUT2D eigenvalue weighted by atomic mass is 9.90. The van der Waals surface area contributed by atoms with Crippen LogP contribution >= 0.6 is 0 Å². The van der Waals surface area contributed by atoms with Crippen molar-refractivity contribution in [2.45, 2.75) is 32.0 Å². The zero-order chi connectivity index (χ0) is 38.4. The number of halogens is 5. The van der Waals surface area contributed by atoms with Crippen LogP contribution in [-0.4, -0.2) is 75.3 Å². The Hall–Kier alpha value is -4.87. The molecule has 4 aliphatic heterocycles. The van der Waals surface area contributed by atoms with Crippen LogP contribution < -0.4 is 18.9 Å². The first-order chi connectivity index (χ1) is 27.1. The molecule has 292 valence electrons. The number of nitrogens with zero attached hydrogens (tertiary/aromatic N) is 2. The predicted molar refractivity (Wildman–Crippen MR) is 203 cm³/mol. The summed E-state index contributed by atoms with van der Waals surface area (Å²) >= 11 is 0. The molecule has 0 aromatic heterocycles. The standard InChI is InChI=1S/C45H43F5N2O4/c46-34-7-3-28(4-8-34)43-32(23-51-16-1-2-17-51)26-54-41-13-11-36(20-39(41)43)53-25-31-19-38(31)30-15-18-52(22-30)24-33-27-55-42-14-12-37(56-45(48,49)50)21-40(42)44(33)29-5-9-35(47)10-6-29/h3-14,20-21,30-31,38H,1-2,15-19,22-27H2. The van der Waals surface area contributed by atoms with Gasteiger partial charge in [0.05, 0.1) is 6.61 Å². The summed E-state index contributed by atoms with van der Waals surface area (Å²) in [5.74, 6) is 2.54. The molecule has 0 spiro atoms. The second-order valence-electron chi connectivity index (χ2n) is 15.6. The van der Waals surface area contributed by atoms with Crippen molar-refractivity contribution in [1.29, 1.82) is 0 Å². The fraction of sp³-hybridized carbons (Fsp3) is 0.378. The van der Waals surface area contributed by atoms with Gasteiger partial charge in [0.1, 0.15) is 47.8 Å². The van der Waals surface area contributed by atoms with E-state index in [9.17, 15) is 22.0 Å². The normalized spacial score (nSPS) is 22.4. The number of ether oxygens (including phenoxy) is 4. The summed E-state index contributed by atoms with van der Waals surface area (Å²) < 4.78 is 90.3. The average molecular weight is 771 g/mol. The Kier molecular flexibility index (Phi) is 10.00. The van der Waals surface area contributed by atoms with E-state index in [0.29, 0.717) is 54.4 Å². The molecule has 4 heterocycles. The van der Waals surface area contributed by atoms with Crippen molar-refractivity contribution in [2.24, 2.45) is 17.8 Å². The highest BCUT2D eigenvalue weighted by atomic mass is 19.4. The predicted octanol–water partition coefficient (Wildman–Crippen LogP) is 9.38. The van der Waals surface area contributed by atoms with Crippen molar-refractivity contribution in [3.63, 3.8) is 0 Å². The zero-order valence-corrected chi connectivity index (χ0v) is 30.9. The van der Waals surface area contributed by atoms with E-state index >= 15 is 0 Å². The van der Waals surface area contributed by atoms with E-state index in [1.54, 1.807) is 12.1 Å². The molecule has 5 aliphatic rings. The Morgan fingerprint density at radius 3 is 1.80 bits per heavy atom. The number of hydrogen-bond acceptors (Lipinski definition) is 6. The van der Waals surface area contributed by atoms with Crippen molar-refractivity contribution in [1.82, 2.24) is 9.80 Å². The maximum atomic E-state index is 14.0. The molecule has 0 bridgehead atoms. The molecular weight excluding hydrogens is 727 g/mol. The zero-order valence-electron chi connectivity index (χ0n) is 30.9. The van der Waals surface area contributed by atoms with Gasteiger partial charge in [0.15, 0.2) is 0 Å². The molecule has 2 saturated heterocycles. The summed E-state index contributed by atoms with van der Waals surface area (Å²) in [6.07, 6.45) is -0.298. The monoisotopic (exact) mass is 770 g/mol. The van der Waals surface area contributed by atoms with Gasteiger partial charge in [0.25, 0.3) is 0 Å². The maximum Gasteiger partial charge on any atom is 0.573 e. The van der Waals surface area contributed by atoms with Gasteiger partial charge in [-0.25, -0.2) is 8.78 Å². The van der Waals surface area contributed by atoms with E-state index in [2.05, 4.69) is 20.6 Å². The van der Waals surface area contributed by atoms with Crippen molar-refractivity contribution < 1.29 is 40.9 Å². The van der Waals surface area contributed by atoms with E-state index in [4.69, 9.17) is 14.2 Å². The number of alkyl halides is 3. The third-order valence-electron chi connectivity index (χ3n) is 11.8. The first-order valence-corrected chi connectivity index (χ1v) is 19.5. The number of likely N-dealkylation sites (tertiary alicyclic amines) is 2. The molecule has 1 aliphatic carbocycles. The number of benzene rings is 4. The topological polar surface area (TPSA) is 43.4 Å². The van der Waals surface area contributed by atoms with Gasteiger partial charge >= 0.3 is 6.36 Å². The van der Waals surface area contributed by atoms with Gasteiger partial charge in [0.2, 0.25) is 0 Å². The van der Waals surface area contributed by atoms with E-state index in [-0.39, 0.29) is 18.2 Å². The second kappa shape index (κ2) is 15.2. The molecule has 4 aromatic carbocycles. The van der Waals surface area contributed by atoms with Crippen LogP contribution in [-0.2, 0) is 0 Å². The number of hydrogen-bond donors (Lipinski definition) is 0. The van der Waals surface area contributed by atoms with E-state index in [1.807, 2.05) is 24.3 Å². The quantitative estimate of drug-likeness (QED) is 0.142. The molecule has 3 fully saturated rings. The summed E-state index contributed by atoms with van der Waals surface area (Å²) in [5, 5.41) is 0. The first kappa shape index (κ1) is 36.7. The molecule has 3 unspecified atom stereocenters. The molecule has 56 heavy (non-hydrogen) atoms. The molecular formula is C45H43F5N2O4. The maximum absolute atomic E-state index is 14.0. The van der Waals surface area contributed by atoms with Crippen LogP contribution in [0.1, 0.15) is 47.9 Å². The molecule has 4 aromatic rings. The summed E-state index contributed by atoms with van der Waals surface area (Å²) in [7, 11) is 0. The summed E-state index contributed by atoms with van der Waals surface area (Å²) in [4.78, 5) is 4.84. The van der Waals surface area contributed by atoms with Gasteiger partial charge in [-0.15, -0.1) is 13.2 Å². The van der Waals surface area contributed by atoms with Gasteiger partial charge in [0, 0.05) is 30.8 Å². The smallest absolute Gasteiger partial charge is 0.493 e. The Balaban J connectivity index is 0.873. The molecule has 6 nitrogen and oxygen atoms in total. The van der Waals surface area contributed by atoms with Crippen molar-refractivity contribution >= 4 is 11.1 Å². The molecule has 11 heteroatoms. The van der Waals surface area contributed by atoms with Gasteiger partial charge in [-0.2, -0.15) is 0 Å². The first-order valence-electron chi connectivity index (χ1n) is 19.5. The SMILES string of the molecule is Fc1ccc(C2=C(CN3CCCC3)COc3ccc(OCC4CC4C4CCN(CC5=C(c6ccc(F)cc6)c6cc(OC(F)(F)F)ccc6OC5)C4)cc32)cc1. The Morgan fingerprint density at radius 2 is 1.21 bits per heavy atom. The largest absolute Gasteiger partial charge is 0.573 e. The Morgan fingerprint density at radius 1 is 0.661 bits per heavy atom. The average Bonchev–Trinajstić information content (AvgIpc) is 3.49. The molecule has 0 amide bonds. The molecule has 0 radical (unpaired) electrons. The number of rotatable bonds is 11. The molecule has 1 saturated carbocycles. The van der Waals surface area contributed by atoms with E-state index in [0.717, 1.165) is 84.9 Å². The van der Waals surface area contributed by atoms with E-state index < -0.39 is 12.2 Å². The van der Waals surface area contributed by atoms with Crippen molar-refractivity contribution in [3.05, 3.63) is 130 Å². The van der Waals surface area contributed by atoms with Crippen LogP contribution in [0.15, 0.2) is 96.1 Å². The molecule has 9 rings (SSSR count). The summed E-state index contributed by atoms with van der Waals surface area (Å²) in [6.45, 7) is 6.73. The molecule has 0 N–H and O–H groups in total. The van der Waals surface area contributed by atoms with Gasteiger partial charge in [-0.05, 0) is 157 Å². The highest BCUT2D eigenvalue weighted by Crippen LogP contribution is 2.49. The number of fused-ring (bicyclic) bond motifs is 2. The molecule has 3 atom stereocenters. The Bertz CT molecular complexity index is 2140. The lowest BCUT2D eigenvalue weighted by Crippen LogP contribution is -2.28. The van der Waals surface area contributed by atoms with Crippen molar-refractivity contribution in [2.75, 3.05) is 59.1 Å². The van der Waals surface area contributed by atoms with Crippen LogP contribution in [0.2, 0.25) is 0 Å². The second-order valence-corrected chi connectivity index (χ2v) is 15.6. The van der Waals surface area contributed by atoms with Crippen LogP contribution in [0, 0.1) is 29.4 Å². The highest BCUT2D eigenvalue weighted by molar-refractivity contribution is 5.88. The summed E-state index contributed by atoms with van der Waals surface area (Å²) in [5.41, 5.74) is 7.11. The van der Waals surface area contributed by atoms with Crippen LogP contribution in [0.3, 0.4) is 0 Å². The fourth-order valence-corrected chi connectivity index (χ4v) is 9.08. The summed E-state index contributed by atoms with van der Waals surface area (Å²) in [6, 6.07) is 22.9. The fourth-order valence-electron chi connectivity index (χ4n) is 9.08. The Labute approximate surface area is 323 Å². The van der Waals surface area contributed by atoms with Gasteiger partial charge in [-0.1, -0.05) is 24.3 Å². The van der Waals surface area contributed by atoms with Crippen LogP contribution in [0.5, 0.6) is 23.0 Å². The van der Waals surface area contributed by atoms with Gasteiger partial charge < -0.3 is 18.9 Å². The minimum atomic E-state index is -4.83.